The molecule has 0 aliphatic heterocycles. The average molecular weight is 332 g/mol. The summed E-state index contributed by atoms with van der Waals surface area (Å²) in [7, 11) is 0. The molecule has 2 heteroatoms. The number of hydrogen-bond acceptors (Lipinski definition) is 1. The Labute approximate surface area is 149 Å². The summed E-state index contributed by atoms with van der Waals surface area (Å²) < 4.78 is 0. The molecule has 0 aliphatic rings. The van der Waals surface area contributed by atoms with Crippen LogP contribution >= 0.6 is 0 Å². The molecular weight excluding hydrogens is 294 g/mol. The number of carbonyl (C=O) groups is 1. The molecule has 0 saturated carbocycles. The van der Waals surface area contributed by atoms with Crippen LogP contribution in [0.2, 0.25) is 0 Å². The van der Waals surface area contributed by atoms with Crippen LogP contribution in [0.4, 0.5) is 0 Å². The van der Waals surface area contributed by atoms with Gasteiger partial charge in [0.1, 0.15) is 0 Å². The first-order valence-corrected chi connectivity index (χ1v) is 10.1. The molecule has 0 aliphatic carbocycles. The highest BCUT2D eigenvalue weighted by Crippen LogP contribution is 2.11. The lowest BCUT2D eigenvalue weighted by Gasteiger charge is -2.12. The number of benzene rings is 1. The van der Waals surface area contributed by atoms with Gasteiger partial charge in [0.25, 0.3) is 0 Å². The standard InChI is InChI=1S/C22H37NO/c1-3-4-5-6-7-8-9-10-11-15-18-23-22(24)20(2)19-21-16-13-12-14-17-21/h12-14,16-17,20H,3-11,15,18-19H2,1-2H3,(H,23,24)/t20-/m0/s1. The van der Waals surface area contributed by atoms with E-state index in [-0.39, 0.29) is 11.8 Å². The van der Waals surface area contributed by atoms with Crippen molar-refractivity contribution in [3.05, 3.63) is 35.9 Å². The zero-order chi connectivity index (χ0) is 17.5. The van der Waals surface area contributed by atoms with Gasteiger partial charge in [-0.05, 0) is 18.4 Å². The van der Waals surface area contributed by atoms with Crippen LogP contribution in [-0.2, 0) is 11.2 Å². The molecular formula is C22H37NO. The Kier molecular flexibility index (Phi) is 12.2. The van der Waals surface area contributed by atoms with E-state index in [1.54, 1.807) is 0 Å². The van der Waals surface area contributed by atoms with Gasteiger partial charge in [0, 0.05) is 12.5 Å². The summed E-state index contributed by atoms with van der Waals surface area (Å²) in [4.78, 5) is 12.1. The van der Waals surface area contributed by atoms with Gasteiger partial charge < -0.3 is 5.32 Å². The summed E-state index contributed by atoms with van der Waals surface area (Å²) in [6.07, 6.45) is 14.1. The normalized spacial score (nSPS) is 12.1. The highest BCUT2D eigenvalue weighted by Gasteiger charge is 2.12. The molecule has 0 bridgehead atoms. The second-order valence-corrected chi connectivity index (χ2v) is 7.06. The smallest absolute Gasteiger partial charge is 0.223 e. The van der Waals surface area contributed by atoms with Crippen LogP contribution < -0.4 is 5.32 Å². The van der Waals surface area contributed by atoms with Crippen molar-refractivity contribution in [2.24, 2.45) is 5.92 Å². The fourth-order valence-corrected chi connectivity index (χ4v) is 3.06. The molecule has 0 saturated heterocycles. The van der Waals surface area contributed by atoms with Crippen LogP contribution in [0.3, 0.4) is 0 Å². The largest absolute Gasteiger partial charge is 0.356 e. The van der Waals surface area contributed by atoms with Crippen LogP contribution in [0.15, 0.2) is 30.3 Å². The molecule has 1 rings (SSSR count). The minimum atomic E-state index is 0.0514. The fourth-order valence-electron chi connectivity index (χ4n) is 3.06. The lowest BCUT2D eigenvalue weighted by molar-refractivity contribution is -0.124. The molecule has 1 amide bonds. The van der Waals surface area contributed by atoms with E-state index in [1.807, 2.05) is 25.1 Å². The van der Waals surface area contributed by atoms with Gasteiger partial charge in [0.2, 0.25) is 5.91 Å². The van der Waals surface area contributed by atoms with Crippen molar-refractivity contribution < 1.29 is 4.79 Å². The SMILES string of the molecule is CCCCCCCCCCCCNC(=O)[C@@H](C)Cc1ccccc1. The zero-order valence-corrected chi connectivity index (χ0v) is 15.9. The number of carbonyl (C=O) groups excluding carboxylic acids is 1. The second kappa shape index (κ2) is 14.1. The molecule has 0 spiro atoms. The molecule has 24 heavy (non-hydrogen) atoms. The van der Waals surface area contributed by atoms with Crippen LogP contribution in [0, 0.1) is 5.92 Å². The van der Waals surface area contributed by atoms with Crippen LogP contribution in [0.1, 0.15) is 83.6 Å². The monoisotopic (exact) mass is 331 g/mol. The number of unbranched alkanes of at least 4 members (excludes halogenated alkanes) is 9. The first-order chi connectivity index (χ1) is 11.7. The summed E-state index contributed by atoms with van der Waals surface area (Å²) in [5, 5.41) is 3.09. The van der Waals surface area contributed by atoms with Gasteiger partial charge in [0.15, 0.2) is 0 Å². The van der Waals surface area contributed by atoms with E-state index >= 15 is 0 Å². The Morgan fingerprint density at radius 1 is 0.875 bits per heavy atom. The van der Waals surface area contributed by atoms with Crippen LogP contribution in [0.5, 0.6) is 0 Å². The van der Waals surface area contributed by atoms with Crippen molar-refractivity contribution in [1.82, 2.24) is 5.32 Å². The summed E-state index contributed by atoms with van der Waals surface area (Å²) in [6.45, 7) is 5.11. The van der Waals surface area contributed by atoms with Crippen LogP contribution in [-0.4, -0.2) is 12.5 Å². The van der Waals surface area contributed by atoms with E-state index < -0.39 is 0 Å². The van der Waals surface area contributed by atoms with Crippen molar-refractivity contribution in [3.8, 4) is 0 Å². The van der Waals surface area contributed by atoms with Gasteiger partial charge in [-0.25, -0.2) is 0 Å². The highest BCUT2D eigenvalue weighted by molar-refractivity contribution is 5.78. The molecule has 0 heterocycles. The first-order valence-electron chi connectivity index (χ1n) is 10.1. The molecule has 0 radical (unpaired) electrons. The molecule has 0 fully saturated rings. The van der Waals surface area contributed by atoms with Crippen molar-refractivity contribution in [1.29, 1.82) is 0 Å². The number of amides is 1. The molecule has 1 aromatic rings. The van der Waals surface area contributed by atoms with Crippen molar-refractivity contribution in [3.63, 3.8) is 0 Å². The third-order valence-electron chi connectivity index (χ3n) is 4.66. The van der Waals surface area contributed by atoms with E-state index in [0.717, 1.165) is 19.4 Å². The Morgan fingerprint density at radius 3 is 2.00 bits per heavy atom. The third kappa shape index (κ3) is 10.5. The van der Waals surface area contributed by atoms with Gasteiger partial charge in [-0.1, -0.05) is 102 Å². The van der Waals surface area contributed by atoms with E-state index in [1.165, 1.54) is 63.4 Å². The molecule has 2 nitrogen and oxygen atoms in total. The molecule has 0 unspecified atom stereocenters. The topological polar surface area (TPSA) is 29.1 Å². The van der Waals surface area contributed by atoms with Crippen molar-refractivity contribution >= 4 is 5.91 Å². The Morgan fingerprint density at radius 2 is 1.42 bits per heavy atom. The maximum Gasteiger partial charge on any atom is 0.223 e. The minimum absolute atomic E-state index is 0.0514. The molecule has 1 aromatic carbocycles. The Balaban J connectivity index is 1.94. The van der Waals surface area contributed by atoms with Crippen molar-refractivity contribution in [2.45, 2.75) is 84.5 Å². The number of nitrogens with one attached hydrogen (secondary N) is 1. The zero-order valence-electron chi connectivity index (χ0n) is 15.9. The van der Waals surface area contributed by atoms with Gasteiger partial charge in [0.05, 0.1) is 0 Å². The molecule has 136 valence electrons. The van der Waals surface area contributed by atoms with Gasteiger partial charge in [-0.3, -0.25) is 4.79 Å². The van der Waals surface area contributed by atoms with Gasteiger partial charge in [-0.2, -0.15) is 0 Å². The lowest BCUT2D eigenvalue weighted by atomic mass is 10.0. The molecule has 1 N–H and O–H groups in total. The summed E-state index contributed by atoms with van der Waals surface area (Å²) in [5.74, 6) is 0.241. The second-order valence-electron chi connectivity index (χ2n) is 7.06. The summed E-state index contributed by atoms with van der Waals surface area (Å²) >= 11 is 0. The van der Waals surface area contributed by atoms with E-state index in [9.17, 15) is 4.79 Å². The first kappa shape index (κ1) is 20.7. The van der Waals surface area contributed by atoms with Gasteiger partial charge >= 0.3 is 0 Å². The number of hydrogen-bond donors (Lipinski definition) is 1. The predicted molar refractivity (Wildman–Crippen MR) is 104 cm³/mol. The quantitative estimate of drug-likeness (QED) is 0.422. The van der Waals surface area contributed by atoms with E-state index in [4.69, 9.17) is 0 Å². The molecule has 1 atom stereocenters. The maximum absolute atomic E-state index is 12.1. The Bertz CT molecular complexity index is 415. The third-order valence-corrected chi connectivity index (χ3v) is 4.66. The van der Waals surface area contributed by atoms with E-state index in [0.29, 0.717) is 0 Å². The predicted octanol–water partition coefficient (Wildman–Crippen LogP) is 5.90. The minimum Gasteiger partial charge on any atom is -0.356 e. The maximum atomic E-state index is 12.1. The summed E-state index contributed by atoms with van der Waals surface area (Å²) in [6, 6.07) is 10.3. The average Bonchev–Trinajstić information content (AvgIpc) is 2.60. The Hall–Kier alpha value is -1.31. The lowest BCUT2D eigenvalue weighted by Crippen LogP contribution is -2.31. The van der Waals surface area contributed by atoms with E-state index in [2.05, 4.69) is 24.4 Å². The number of rotatable bonds is 14. The van der Waals surface area contributed by atoms with Crippen LogP contribution in [0.25, 0.3) is 0 Å². The fraction of sp³-hybridized carbons (Fsp3) is 0.682. The van der Waals surface area contributed by atoms with Crippen molar-refractivity contribution in [2.75, 3.05) is 6.54 Å². The van der Waals surface area contributed by atoms with Gasteiger partial charge in [-0.15, -0.1) is 0 Å². The highest BCUT2D eigenvalue weighted by atomic mass is 16.1. The molecule has 0 aromatic heterocycles. The summed E-state index contributed by atoms with van der Waals surface area (Å²) in [5.41, 5.74) is 1.24.